The van der Waals surface area contributed by atoms with Gasteiger partial charge in [-0.2, -0.15) is 0 Å². The van der Waals surface area contributed by atoms with Crippen LogP contribution in [0.5, 0.6) is 0 Å². The summed E-state index contributed by atoms with van der Waals surface area (Å²) in [4.78, 5) is 29.6. The van der Waals surface area contributed by atoms with Crippen LogP contribution >= 0.6 is 23.1 Å². The van der Waals surface area contributed by atoms with E-state index in [0.717, 1.165) is 34.0 Å². The van der Waals surface area contributed by atoms with E-state index in [1.54, 1.807) is 5.38 Å². The van der Waals surface area contributed by atoms with Crippen LogP contribution in [-0.2, 0) is 11.2 Å². The Morgan fingerprint density at radius 2 is 2.11 bits per heavy atom. The molecule has 0 aliphatic rings. The van der Waals surface area contributed by atoms with E-state index in [-0.39, 0.29) is 10.9 Å². The number of hydrogen-bond acceptors (Lipinski definition) is 6. The van der Waals surface area contributed by atoms with Gasteiger partial charge in [-0.25, -0.2) is 24.2 Å². The van der Waals surface area contributed by atoms with Crippen molar-refractivity contribution in [1.29, 1.82) is 0 Å². The molecule has 0 radical (unpaired) electrons. The average Bonchev–Trinajstić information content (AvgIpc) is 3.09. The van der Waals surface area contributed by atoms with Gasteiger partial charge in [0.15, 0.2) is 5.16 Å². The Hall–Kier alpha value is -2.56. The Kier molecular flexibility index (Phi) is 6.22. The molecule has 28 heavy (non-hydrogen) atoms. The lowest BCUT2D eigenvalue weighted by atomic mass is 10.1. The number of rotatable bonds is 6. The molecule has 0 fully saturated rings. The van der Waals surface area contributed by atoms with Crippen LogP contribution in [0.25, 0.3) is 15.9 Å². The molecule has 1 aromatic carbocycles. The largest absolute Gasteiger partial charge is 0.294 e. The van der Waals surface area contributed by atoms with Gasteiger partial charge in [0, 0.05) is 0 Å². The van der Waals surface area contributed by atoms with Crippen LogP contribution in [-0.4, -0.2) is 21.2 Å². The summed E-state index contributed by atoms with van der Waals surface area (Å²) in [5, 5.41) is 2.10. The summed E-state index contributed by atoms with van der Waals surface area (Å²) in [6.07, 6.45) is 4.22. The Labute approximate surface area is 167 Å². The number of carbonyl (C=O) groups is 1. The number of thiophene rings is 1. The van der Waals surface area contributed by atoms with Crippen molar-refractivity contribution in [3.8, 4) is 5.69 Å². The number of hydrogen-bond donors (Lipinski definition) is 2. The third-order valence-electron chi connectivity index (χ3n) is 3.88. The van der Waals surface area contributed by atoms with E-state index in [0.29, 0.717) is 16.6 Å². The highest BCUT2D eigenvalue weighted by molar-refractivity contribution is 7.99. The van der Waals surface area contributed by atoms with Crippen LogP contribution in [0.2, 0.25) is 0 Å². The minimum absolute atomic E-state index is 0.00420. The van der Waals surface area contributed by atoms with Gasteiger partial charge < -0.3 is 0 Å². The maximum absolute atomic E-state index is 14.4. The average molecular weight is 422 g/mol. The third-order valence-corrected chi connectivity index (χ3v) is 5.74. The minimum Gasteiger partial charge on any atom is -0.294 e. The summed E-state index contributed by atoms with van der Waals surface area (Å²) in [5.74, 6) is 2.59. The second kappa shape index (κ2) is 8.63. The topological polar surface area (TPSA) is 90.0 Å². The van der Waals surface area contributed by atoms with Crippen molar-refractivity contribution in [2.75, 3.05) is 5.75 Å². The number of thioether (sulfide) groups is 1. The first-order valence-electron chi connectivity index (χ1n) is 8.18. The van der Waals surface area contributed by atoms with E-state index in [1.807, 2.05) is 24.5 Å². The first kappa shape index (κ1) is 20.2. The molecule has 3 rings (SSSR count). The highest BCUT2D eigenvalue weighted by Gasteiger charge is 2.22. The van der Waals surface area contributed by atoms with Crippen LogP contribution in [0.3, 0.4) is 0 Å². The fourth-order valence-electron chi connectivity index (χ4n) is 2.59. The van der Waals surface area contributed by atoms with Gasteiger partial charge in [-0.1, -0.05) is 30.0 Å². The maximum atomic E-state index is 14.4. The van der Waals surface area contributed by atoms with Gasteiger partial charge in [0.1, 0.15) is 22.2 Å². The van der Waals surface area contributed by atoms with Crippen LogP contribution in [0, 0.1) is 11.6 Å². The van der Waals surface area contributed by atoms with Gasteiger partial charge in [-0.05, 0) is 36.4 Å². The summed E-state index contributed by atoms with van der Waals surface area (Å²) < 4.78 is 29.8. The lowest BCUT2D eigenvalue weighted by molar-refractivity contribution is -0.118. The first-order chi connectivity index (χ1) is 13.5. The lowest BCUT2D eigenvalue weighted by Gasteiger charge is -2.13. The molecule has 1 amide bonds. The number of allylic oxidation sites excluding steroid dienone is 2. The molecule has 2 heterocycles. The Morgan fingerprint density at radius 3 is 2.75 bits per heavy atom. The summed E-state index contributed by atoms with van der Waals surface area (Å²) in [7, 11) is 0. The summed E-state index contributed by atoms with van der Waals surface area (Å²) in [5.41, 5.74) is 1.57. The molecule has 0 saturated heterocycles. The van der Waals surface area contributed by atoms with E-state index in [1.165, 1.54) is 17.4 Å². The fourth-order valence-corrected chi connectivity index (χ4v) is 4.40. The van der Waals surface area contributed by atoms with Crippen molar-refractivity contribution < 1.29 is 13.6 Å². The zero-order valence-corrected chi connectivity index (χ0v) is 16.4. The summed E-state index contributed by atoms with van der Waals surface area (Å²) in [6, 6.07) is 3.33. The number of carbonyl (C=O) groups excluding carboxylic acids is 1. The van der Waals surface area contributed by atoms with Gasteiger partial charge in [0.2, 0.25) is 5.91 Å². The van der Waals surface area contributed by atoms with Crippen LogP contribution in [0.15, 0.2) is 45.7 Å². The highest BCUT2D eigenvalue weighted by atomic mass is 32.2. The number of para-hydroxylation sites is 1. The molecule has 2 aromatic heterocycles. The van der Waals surface area contributed by atoms with Crippen molar-refractivity contribution in [3.63, 3.8) is 0 Å². The van der Waals surface area contributed by atoms with Gasteiger partial charge in [0.25, 0.3) is 5.56 Å². The molecule has 0 bridgehead atoms. The number of nitrogens with one attached hydrogen (secondary N) is 1. The molecule has 146 valence electrons. The molecule has 3 N–H and O–H groups in total. The van der Waals surface area contributed by atoms with Crippen molar-refractivity contribution >= 4 is 39.2 Å². The van der Waals surface area contributed by atoms with E-state index in [2.05, 4.69) is 4.98 Å². The predicted octanol–water partition coefficient (Wildman–Crippen LogP) is 2.93. The molecular weight excluding hydrogens is 406 g/mol. The lowest BCUT2D eigenvalue weighted by Crippen LogP contribution is -2.32. The van der Waals surface area contributed by atoms with Crippen molar-refractivity contribution in [1.82, 2.24) is 15.0 Å². The third kappa shape index (κ3) is 3.84. The summed E-state index contributed by atoms with van der Waals surface area (Å²) in [6.45, 7) is 1.86. The molecule has 0 spiro atoms. The number of amides is 1. The van der Waals surface area contributed by atoms with Gasteiger partial charge in [-0.3, -0.25) is 15.0 Å². The number of halogens is 2. The number of nitrogens with zero attached hydrogens (tertiary/aromatic N) is 2. The van der Waals surface area contributed by atoms with Crippen molar-refractivity contribution in [3.05, 3.63) is 63.3 Å². The Balaban J connectivity index is 2.28. The molecule has 10 heteroatoms. The Morgan fingerprint density at radius 1 is 1.39 bits per heavy atom. The SMILES string of the molecule is C/C=C\Cc1csc2nc(SCC(=O)NN)n(-c3c(F)cccc3F)c(=O)c12. The molecule has 0 aliphatic carbocycles. The number of fused-ring (bicyclic) bond motifs is 1. The highest BCUT2D eigenvalue weighted by Crippen LogP contribution is 2.28. The minimum atomic E-state index is -0.904. The Bertz CT molecular complexity index is 1100. The quantitative estimate of drug-likeness (QED) is 0.159. The molecule has 6 nitrogen and oxygen atoms in total. The molecule has 3 aromatic rings. The fraction of sp³-hybridized carbons (Fsp3) is 0.167. The van der Waals surface area contributed by atoms with Crippen LogP contribution in [0.1, 0.15) is 12.5 Å². The molecule has 0 atom stereocenters. The smallest absolute Gasteiger partial charge is 0.268 e. The molecule has 0 unspecified atom stereocenters. The van der Waals surface area contributed by atoms with Crippen molar-refractivity contribution in [2.45, 2.75) is 18.5 Å². The van der Waals surface area contributed by atoms with Gasteiger partial charge in [0.05, 0.1) is 11.1 Å². The zero-order chi connectivity index (χ0) is 20.3. The van der Waals surface area contributed by atoms with Crippen molar-refractivity contribution in [2.24, 2.45) is 5.84 Å². The second-order valence-electron chi connectivity index (χ2n) is 5.68. The monoisotopic (exact) mass is 422 g/mol. The van der Waals surface area contributed by atoms with Gasteiger partial charge >= 0.3 is 0 Å². The van der Waals surface area contributed by atoms with Crippen LogP contribution < -0.4 is 16.8 Å². The summed E-state index contributed by atoms with van der Waals surface area (Å²) >= 11 is 2.13. The molecule has 0 saturated carbocycles. The maximum Gasteiger partial charge on any atom is 0.268 e. The number of aromatic nitrogens is 2. The van der Waals surface area contributed by atoms with Gasteiger partial charge in [-0.15, -0.1) is 11.3 Å². The standard InChI is InChI=1S/C18H16F2N4O2S2/c1-2-3-5-10-8-27-16-14(10)17(26)24(15-11(19)6-4-7-12(15)20)18(22-16)28-9-13(25)23-21/h2-4,6-8H,5,9,21H2,1H3,(H,23,25)/b3-2-. The number of benzene rings is 1. The number of nitrogens with two attached hydrogens (primary N) is 1. The molecular formula is C18H16F2N4O2S2. The van der Waals surface area contributed by atoms with E-state index in [9.17, 15) is 18.4 Å². The van der Waals surface area contributed by atoms with E-state index >= 15 is 0 Å². The second-order valence-corrected chi connectivity index (χ2v) is 7.48. The zero-order valence-electron chi connectivity index (χ0n) is 14.7. The van der Waals surface area contributed by atoms with E-state index < -0.39 is 28.8 Å². The predicted molar refractivity (Wildman–Crippen MR) is 107 cm³/mol. The van der Waals surface area contributed by atoms with Crippen LogP contribution in [0.4, 0.5) is 8.78 Å². The molecule has 0 aliphatic heterocycles. The normalized spacial score (nSPS) is 11.4. The number of hydrazine groups is 1. The van der Waals surface area contributed by atoms with E-state index in [4.69, 9.17) is 5.84 Å². The first-order valence-corrected chi connectivity index (χ1v) is 10.0.